The minimum Gasteiger partial charge on any atom is -0.383 e. The molecular weight excluding hydrogens is 314 g/mol. The van der Waals surface area contributed by atoms with Gasteiger partial charge in [0.25, 0.3) is 0 Å². The third-order valence-electron chi connectivity index (χ3n) is 3.77. The highest BCUT2D eigenvalue weighted by Gasteiger charge is 2.15. The van der Waals surface area contributed by atoms with Gasteiger partial charge in [-0.2, -0.15) is 0 Å². The number of aryl methyl sites for hydroxylation is 2. The van der Waals surface area contributed by atoms with Crippen LogP contribution in [-0.2, 0) is 0 Å². The number of fused-ring (bicyclic) bond motifs is 1. The highest BCUT2D eigenvalue weighted by Crippen LogP contribution is 2.32. The van der Waals surface area contributed by atoms with Crippen LogP contribution in [0.4, 0.5) is 5.82 Å². The summed E-state index contributed by atoms with van der Waals surface area (Å²) in [7, 11) is 0. The smallest absolute Gasteiger partial charge is 0.142 e. The van der Waals surface area contributed by atoms with E-state index in [0.717, 1.165) is 26.9 Å². The number of pyridine rings is 1. The molecule has 0 aliphatic rings. The number of hydrogen-bond donors (Lipinski definition) is 1. The van der Waals surface area contributed by atoms with Gasteiger partial charge in [0.2, 0.25) is 0 Å². The Labute approximate surface area is 126 Å². The van der Waals surface area contributed by atoms with Crippen molar-refractivity contribution < 1.29 is 0 Å². The first-order valence-electron chi connectivity index (χ1n) is 6.49. The zero-order chi connectivity index (χ0) is 14.4. The van der Waals surface area contributed by atoms with Gasteiger partial charge in [0, 0.05) is 16.2 Å². The van der Waals surface area contributed by atoms with E-state index in [2.05, 4.69) is 48.0 Å². The molecule has 0 saturated heterocycles. The predicted molar refractivity (Wildman–Crippen MR) is 87.0 cm³/mol. The largest absolute Gasteiger partial charge is 0.383 e. The van der Waals surface area contributed by atoms with Crippen LogP contribution in [0, 0.1) is 20.8 Å². The Bertz CT molecular complexity index is 818. The quantitative estimate of drug-likeness (QED) is 0.724. The topological polar surface area (TPSA) is 43.3 Å². The summed E-state index contributed by atoms with van der Waals surface area (Å²) in [6.45, 7) is 6.25. The van der Waals surface area contributed by atoms with E-state index in [9.17, 15) is 0 Å². The number of nitrogen functional groups attached to an aromatic ring is 1. The summed E-state index contributed by atoms with van der Waals surface area (Å²) in [6, 6.07) is 8.27. The molecule has 0 fully saturated rings. The van der Waals surface area contributed by atoms with E-state index in [1.807, 2.05) is 23.6 Å². The third kappa shape index (κ3) is 1.91. The van der Waals surface area contributed by atoms with E-state index < -0.39 is 0 Å². The number of imidazole rings is 1. The highest BCUT2D eigenvalue weighted by molar-refractivity contribution is 9.10. The molecule has 2 heterocycles. The fraction of sp³-hybridized carbons (Fsp3) is 0.188. The number of nitrogens with zero attached hydrogens (tertiary/aromatic N) is 2. The van der Waals surface area contributed by atoms with Crippen molar-refractivity contribution in [2.75, 3.05) is 5.73 Å². The Hall–Kier alpha value is -1.81. The molecule has 0 amide bonds. The molecule has 3 rings (SSSR count). The molecule has 0 aliphatic heterocycles. The summed E-state index contributed by atoms with van der Waals surface area (Å²) in [4.78, 5) is 4.74. The summed E-state index contributed by atoms with van der Waals surface area (Å²) in [6.07, 6.45) is 1.96. The minimum absolute atomic E-state index is 0.679. The molecule has 0 spiro atoms. The molecular formula is C16H16BrN3. The van der Waals surface area contributed by atoms with Crippen LogP contribution in [-0.4, -0.2) is 9.38 Å². The number of aromatic nitrogens is 2. The second-order valence-corrected chi connectivity index (χ2v) is 6.04. The Morgan fingerprint density at radius 2 is 1.90 bits per heavy atom. The molecule has 0 aliphatic carbocycles. The summed E-state index contributed by atoms with van der Waals surface area (Å²) < 4.78 is 2.94. The predicted octanol–water partition coefficient (Wildman–Crippen LogP) is 4.27. The zero-order valence-corrected chi connectivity index (χ0v) is 13.3. The van der Waals surface area contributed by atoms with Gasteiger partial charge in [0.15, 0.2) is 0 Å². The Balaban J connectivity index is 2.35. The van der Waals surface area contributed by atoms with Crippen molar-refractivity contribution in [1.29, 1.82) is 0 Å². The molecule has 2 N–H and O–H groups in total. The molecule has 3 aromatic rings. The minimum atomic E-state index is 0.679. The third-order valence-corrected chi connectivity index (χ3v) is 4.20. The van der Waals surface area contributed by atoms with Crippen LogP contribution in [0.5, 0.6) is 0 Å². The molecule has 0 unspecified atom stereocenters. The maximum Gasteiger partial charge on any atom is 0.142 e. The van der Waals surface area contributed by atoms with Gasteiger partial charge < -0.3 is 5.73 Å². The summed E-state index contributed by atoms with van der Waals surface area (Å²) in [5.74, 6) is 0.679. The monoisotopic (exact) mass is 329 g/mol. The maximum atomic E-state index is 6.31. The lowest BCUT2D eigenvalue weighted by Gasteiger charge is -2.06. The van der Waals surface area contributed by atoms with Gasteiger partial charge in [-0.05, 0) is 59.5 Å². The SMILES string of the molecule is Cc1cccc(-c2nc3c(C)cc(Br)cn3c2N)c1C. The summed E-state index contributed by atoms with van der Waals surface area (Å²) in [5.41, 5.74) is 12.7. The van der Waals surface area contributed by atoms with Crippen molar-refractivity contribution in [3.05, 3.63) is 51.6 Å². The lowest BCUT2D eigenvalue weighted by atomic mass is 10.0. The number of rotatable bonds is 1. The lowest BCUT2D eigenvalue weighted by Crippen LogP contribution is -1.96. The maximum absolute atomic E-state index is 6.31. The number of halogens is 1. The van der Waals surface area contributed by atoms with E-state index in [-0.39, 0.29) is 0 Å². The van der Waals surface area contributed by atoms with Crippen molar-refractivity contribution in [1.82, 2.24) is 9.38 Å². The molecule has 0 saturated carbocycles. The van der Waals surface area contributed by atoms with Crippen LogP contribution in [0.2, 0.25) is 0 Å². The highest BCUT2D eigenvalue weighted by atomic mass is 79.9. The van der Waals surface area contributed by atoms with Crippen molar-refractivity contribution in [3.8, 4) is 11.3 Å². The first kappa shape index (κ1) is 13.2. The molecule has 1 aromatic carbocycles. The van der Waals surface area contributed by atoms with E-state index in [1.165, 1.54) is 11.1 Å². The van der Waals surface area contributed by atoms with E-state index in [0.29, 0.717) is 5.82 Å². The van der Waals surface area contributed by atoms with E-state index in [4.69, 9.17) is 10.7 Å². The van der Waals surface area contributed by atoms with Crippen molar-refractivity contribution in [2.45, 2.75) is 20.8 Å². The molecule has 20 heavy (non-hydrogen) atoms. The van der Waals surface area contributed by atoms with Gasteiger partial charge in [0.1, 0.15) is 17.2 Å². The van der Waals surface area contributed by atoms with Gasteiger partial charge in [0.05, 0.1) is 0 Å². The van der Waals surface area contributed by atoms with Gasteiger partial charge >= 0.3 is 0 Å². The van der Waals surface area contributed by atoms with Gasteiger partial charge in [-0.3, -0.25) is 4.40 Å². The standard InChI is InChI=1S/C16H16BrN3/c1-9-5-4-6-13(11(9)3)14-15(18)20-8-12(17)7-10(2)16(20)19-14/h4-8H,18H2,1-3H3. The first-order valence-corrected chi connectivity index (χ1v) is 7.28. The normalized spacial score (nSPS) is 11.2. The Morgan fingerprint density at radius 1 is 1.15 bits per heavy atom. The summed E-state index contributed by atoms with van der Waals surface area (Å²) >= 11 is 3.50. The molecule has 2 aromatic heterocycles. The van der Waals surface area contributed by atoms with Gasteiger partial charge in [-0.1, -0.05) is 18.2 Å². The van der Waals surface area contributed by atoms with Crippen LogP contribution in [0.25, 0.3) is 16.9 Å². The van der Waals surface area contributed by atoms with Crippen LogP contribution in [0.1, 0.15) is 16.7 Å². The van der Waals surface area contributed by atoms with Crippen LogP contribution >= 0.6 is 15.9 Å². The van der Waals surface area contributed by atoms with Crippen LogP contribution in [0.3, 0.4) is 0 Å². The molecule has 0 bridgehead atoms. The average Bonchev–Trinajstić information content (AvgIpc) is 2.71. The number of hydrogen-bond acceptors (Lipinski definition) is 2. The Kier molecular flexibility index (Phi) is 3.05. The lowest BCUT2D eigenvalue weighted by molar-refractivity contribution is 1.16. The number of nitrogens with two attached hydrogens (primary N) is 1. The molecule has 0 atom stereocenters. The van der Waals surface area contributed by atoms with Crippen molar-refractivity contribution in [2.24, 2.45) is 0 Å². The van der Waals surface area contributed by atoms with Gasteiger partial charge in [-0.15, -0.1) is 0 Å². The van der Waals surface area contributed by atoms with Crippen molar-refractivity contribution >= 4 is 27.4 Å². The molecule has 3 nitrogen and oxygen atoms in total. The first-order chi connectivity index (χ1) is 9.49. The van der Waals surface area contributed by atoms with Crippen molar-refractivity contribution in [3.63, 3.8) is 0 Å². The molecule has 102 valence electrons. The second-order valence-electron chi connectivity index (χ2n) is 5.13. The molecule has 4 heteroatoms. The van der Waals surface area contributed by atoms with Crippen LogP contribution in [0.15, 0.2) is 34.9 Å². The Morgan fingerprint density at radius 3 is 2.65 bits per heavy atom. The molecule has 0 radical (unpaired) electrons. The second kappa shape index (κ2) is 4.63. The summed E-state index contributed by atoms with van der Waals surface area (Å²) in [5, 5.41) is 0. The zero-order valence-electron chi connectivity index (χ0n) is 11.7. The average molecular weight is 330 g/mol. The number of anilines is 1. The fourth-order valence-corrected chi connectivity index (χ4v) is 3.04. The van der Waals surface area contributed by atoms with E-state index >= 15 is 0 Å². The fourth-order valence-electron chi connectivity index (χ4n) is 2.49. The van der Waals surface area contributed by atoms with Gasteiger partial charge in [-0.25, -0.2) is 4.98 Å². The van der Waals surface area contributed by atoms with Crippen LogP contribution < -0.4 is 5.73 Å². The van der Waals surface area contributed by atoms with E-state index in [1.54, 1.807) is 0 Å². The number of benzene rings is 1.